The number of halogens is 1. The first-order chi connectivity index (χ1) is 11.3. The fraction of sp³-hybridized carbons (Fsp3) is 0.588. The molecule has 0 atom stereocenters. The van der Waals surface area contributed by atoms with Crippen LogP contribution in [0.25, 0.3) is 0 Å². The van der Waals surface area contributed by atoms with Crippen molar-refractivity contribution in [1.82, 2.24) is 10.2 Å². The van der Waals surface area contributed by atoms with Gasteiger partial charge < -0.3 is 10.2 Å². The van der Waals surface area contributed by atoms with Crippen LogP contribution in [0.5, 0.6) is 0 Å². The van der Waals surface area contributed by atoms with Crippen molar-refractivity contribution in [2.45, 2.75) is 31.9 Å². The second kappa shape index (κ2) is 7.74. The van der Waals surface area contributed by atoms with Gasteiger partial charge in [0.25, 0.3) is 0 Å². The number of guanidine groups is 1. The molecule has 0 bridgehead atoms. The summed E-state index contributed by atoms with van der Waals surface area (Å²) < 4.78 is 23.6. The van der Waals surface area contributed by atoms with Crippen LogP contribution in [0, 0.1) is 0 Å². The summed E-state index contributed by atoms with van der Waals surface area (Å²) in [6, 6.07) is 7.76. The molecule has 1 saturated heterocycles. The number of hydrogen-bond donors (Lipinski definition) is 1. The number of hydrogen-bond acceptors (Lipinski definition) is 3. The van der Waals surface area contributed by atoms with Gasteiger partial charge >= 0.3 is 0 Å². The molecule has 7 heteroatoms. The Balaban J connectivity index is 2.07. The van der Waals surface area contributed by atoms with Crippen LogP contribution in [-0.2, 0) is 16.3 Å². The Bertz CT molecular complexity index is 702. The zero-order valence-electron chi connectivity index (χ0n) is 14.5. The molecule has 1 aliphatic rings. The van der Waals surface area contributed by atoms with E-state index in [1.54, 1.807) is 13.8 Å². The lowest BCUT2D eigenvalue weighted by atomic mass is 10.1. The fourth-order valence-electron chi connectivity index (χ4n) is 2.73. The molecule has 1 N–H and O–H groups in total. The van der Waals surface area contributed by atoms with Gasteiger partial charge in [-0.25, -0.2) is 8.42 Å². The molecule has 0 saturated carbocycles. The van der Waals surface area contributed by atoms with Crippen molar-refractivity contribution >= 4 is 27.4 Å². The average molecular weight is 372 g/mol. The Hall–Kier alpha value is -1.27. The summed E-state index contributed by atoms with van der Waals surface area (Å²) >= 11 is 6.18. The van der Waals surface area contributed by atoms with Crippen LogP contribution >= 0.6 is 11.6 Å². The van der Waals surface area contributed by atoms with E-state index in [0.717, 1.165) is 29.5 Å². The Morgan fingerprint density at radius 2 is 2.08 bits per heavy atom. The van der Waals surface area contributed by atoms with Crippen molar-refractivity contribution in [3.05, 3.63) is 34.9 Å². The van der Waals surface area contributed by atoms with Gasteiger partial charge in [0.05, 0.1) is 10.5 Å². The monoisotopic (exact) mass is 371 g/mol. The van der Waals surface area contributed by atoms with Crippen molar-refractivity contribution in [2.24, 2.45) is 4.99 Å². The second-order valence-corrected chi connectivity index (χ2v) is 9.73. The van der Waals surface area contributed by atoms with Gasteiger partial charge in [-0.2, -0.15) is 0 Å². The lowest BCUT2D eigenvalue weighted by Crippen LogP contribution is -2.57. The van der Waals surface area contributed by atoms with E-state index < -0.39 is 14.6 Å². The van der Waals surface area contributed by atoms with Crippen LogP contribution in [-0.4, -0.2) is 56.0 Å². The highest BCUT2D eigenvalue weighted by molar-refractivity contribution is 7.92. The molecule has 1 aromatic carbocycles. The molecule has 0 spiro atoms. The summed E-state index contributed by atoms with van der Waals surface area (Å²) in [4.78, 5) is 6.70. The van der Waals surface area contributed by atoms with Crippen molar-refractivity contribution in [1.29, 1.82) is 0 Å². The maximum Gasteiger partial charge on any atom is 0.194 e. The van der Waals surface area contributed by atoms with Crippen molar-refractivity contribution < 1.29 is 8.42 Å². The zero-order valence-corrected chi connectivity index (χ0v) is 16.1. The van der Waals surface area contributed by atoms with Crippen molar-refractivity contribution in [3.63, 3.8) is 0 Å². The minimum Gasteiger partial charge on any atom is -0.357 e. The number of aliphatic imine (C=N–C) groups is 1. The first-order valence-corrected chi connectivity index (χ1v) is 10.3. The van der Waals surface area contributed by atoms with E-state index in [-0.39, 0.29) is 5.75 Å². The highest BCUT2D eigenvalue weighted by Gasteiger charge is 2.40. The lowest BCUT2D eigenvalue weighted by molar-refractivity contribution is 0.353. The molecule has 24 heavy (non-hydrogen) atoms. The largest absolute Gasteiger partial charge is 0.357 e. The van der Waals surface area contributed by atoms with Gasteiger partial charge in [0, 0.05) is 31.2 Å². The predicted octanol–water partition coefficient (Wildman–Crippen LogP) is 2.36. The van der Waals surface area contributed by atoms with E-state index in [0.29, 0.717) is 19.6 Å². The molecule has 134 valence electrons. The molecule has 1 heterocycles. The number of rotatable bonds is 4. The SMILES string of the molecule is CCNC(=NCCc1ccccc1Cl)N1CCS(=O)(=O)C(C)(C)C1. The lowest BCUT2D eigenvalue weighted by Gasteiger charge is -2.39. The van der Waals surface area contributed by atoms with Crippen LogP contribution in [0.4, 0.5) is 0 Å². The Morgan fingerprint density at radius 3 is 2.71 bits per heavy atom. The number of sulfone groups is 1. The van der Waals surface area contributed by atoms with E-state index in [9.17, 15) is 8.42 Å². The Labute approximate surface area is 150 Å². The van der Waals surface area contributed by atoms with E-state index in [1.165, 1.54) is 0 Å². The van der Waals surface area contributed by atoms with Gasteiger partial charge in [-0.3, -0.25) is 4.99 Å². The molecule has 5 nitrogen and oxygen atoms in total. The first-order valence-electron chi connectivity index (χ1n) is 8.26. The van der Waals surface area contributed by atoms with E-state index in [1.807, 2.05) is 36.1 Å². The highest BCUT2D eigenvalue weighted by Crippen LogP contribution is 2.23. The third kappa shape index (κ3) is 4.42. The van der Waals surface area contributed by atoms with E-state index in [4.69, 9.17) is 11.6 Å². The highest BCUT2D eigenvalue weighted by atomic mass is 35.5. The predicted molar refractivity (Wildman–Crippen MR) is 101 cm³/mol. The molecule has 0 aromatic heterocycles. The smallest absolute Gasteiger partial charge is 0.194 e. The Morgan fingerprint density at radius 1 is 1.38 bits per heavy atom. The van der Waals surface area contributed by atoms with Crippen molar-refractivity contribution in [2.75, 3.05) is 31.9 Å². The molecular weight excluding hydrogens is 346 g/mol. The van der Waals surface area contributed by atoms with Gasteiger partial charge in [0.2, 0.25) is 0 Å². The molecule has 1 fully saturated rings. The standard InChI is InChI=1S/C17H26ClN3O2S/c1-4-19-16(20-10-9-14-7-5-6-8-15(14)18)21-11-12-24(22,23)17(2,3)13-21/h5-8H,4,9-13H2,1-3H3,(H,19,20). The molecule has 0 unspecified atom stereocenters. The maximum absolute atomic E-state index is 12.2. The molecule has 2 rings (SSSR count). The maximum atomic E-state index is 12.2. The van der Waals surface area contributed by atoms with Crippen LogP contribution in [0.1, 0.15) is 26.3 Å². The average Bonchev–Trinajstić information content (AvgIpc) is 2.51. The zero-order chi connectivity index (χ0) is 17.8. The quantitative estimate of drug-likeness (QED) is 0.652. The van der Waals surface area contributed by atoms with Crippen LogP contribution < -0.4 is 5.32 Å². The van der Waals surface area contributed by atoms with E-state index in [2.05, 4.69) is 10.3 Å². The van der Waals surface area contributed by atoms with Gasteiger partial charge in [0.1, 0.15) is 0 Å². The third-order valence-corrected chi connectivity index (χ3v) is 7.18. The molecule has 1 aliphatic heterocycles. The summed E-state index contributed by atoms with van der Waals surface area (Å²) in [5, 5.41) is 4.02. The summed E-state index contributed by atoms with van der Waals surface area (Å²) in [7, 11) is -3.05. The minimum absolute atomic E-state index is 0.162. The van der Waals surface area contributed by atoms with Crippen molar-refractivity contribution in [3.8, 4) is 0 Å². The van der Waals surface area contributed by atoms with Crippen LogP contribution in [0.15, 0.2) is 29.3 Å². The molecule has 0 aliphatic carbocycles. The summed E-state index contributed by atoms with van der Waals surface area (Å²) in [6.45, 7) is 7.85. The third-order valence-electron chi connectivity index (χ3n) is 4.28. The van der Waals surface area contributed by atoms with Crippen LogP contribution in [0.3, 0.4) is 0 Å². The van der Waals surface area contributed by atoms with E-state index >= 15 is 0 Å². The first kappa shape index (κ1) is 19.1. The molecule has 0 radical (unpaired) electrons. The van der Waals surface area contributed by atoms with Gasteiger partial charge in [0.15, 0.2) is 15.8 Å². The molecule has 0 amide bonds. The molecular formula is C17H26ClN3O2S. The Kier molecular flexibility index (Phi) is 6.15. The summed E-state index contributed by atoms with van der Waals surface area (Å²) in [5.41, 5.74) is 1.07. The van der Waals surface area contributed by atoms with Crippen LogP contribution in [0.2, 0.25) is 5.02 Å². The summed E-state index contributed by atoms with van der Waals surface area (Å²) in [6.07, 6.45) is 0.754. The van der Waals surface area contributed by atoms with Gasteiger partial charge in [-0.05, 0) is 38.8 Å². The number of benzene rings is 1. The van der Waals surface area contributed by atoms with Gasteiger partial charge in [-0.15, -0.1) is 0 Å². The normalized spacial score (nSPS) is 20.0. The molecule has 1 aromatic rings. The number of nitrogens with zero attached hydrogens (tertiary/aromatic N) is 2. The minimum atomic E-state index is -3.05. The number of nitrogens with one attached hydrogen (secondary N) is 1. The summed E-state index contributed by atoms with van der Waals surface area (Å²) in [5.74, 6) is 0.932. The second-order valence-electron chi connectivity index (χ2n) is 6.58. The van der Waals surface area contributed by atoms with Gasteiger partial charge in [-0.1, -0.05) is 29.8 Å². The topological polar surface area (TPSA) is 61.8 Å². The fourth-order valence-corrected chi connectivity index (χ4v) is 4.33.